The van der Waals surface area contributed by atoms with Crippen molar-refractivity contribution in [3.8, 4) is 0 Å². The van der Waals surface area contributed by atoms with E-state index in [1.165, 1.54) is 17.7 Å². The molecule has 0 saturated heterocycles. The zero-order chi connectivity index (χ0) is 13.4. The lowest BCUT2D eigenvalue weighted by molar-refractivity contribution is 0.185. The average molecular weight is 266 g/mol. The maximum atomic E-state index is 5.96. The van der Waals surface area contributed by atoms with E-state index in [0.717, 1.165) is 13.0 Å². The molecular formula is C15H26N2S. The van der Waals surface area contributed by atoms with Crippen LogP contribution in [0.2, 0.25) is 0 Å². The molecular weight excluding hydrogens is 240 g/mol. The third-order valence-corrected chi connectivity index (χ3v) is 4.29. The highest BCUT2D eigenvalue weighted by Crippen LogP contribution is 2.14. The molecule has 0 saturated carbocycles. The molecule has 1 aromatic carbocycles. The lowest BCUT2D eigenvalue weighted by atomic mass is 10.0. The SMILES string of the molecule is CCC(CSC)N(C)C(CN)Cc1ccccc1. The first-order chi connectivity index (χ1) is 8.72. The summed E-state index contributed by atoms with van der Waals surface area (Å²) in [5.74, 6) is 1.18. The highest BCUT2D eigenvalue weighted by molar-refractivity contribution is 7.98. The standard InChI is InChI=1S/C15H26N2S/c1-4-14(12-18-3)17(2)15(11-16)10-13-8-6-5-7-9-13/h5-9,14-15H,4,10-12,16H2,1-3H3. The van der Waals surface area contributed by atoms with Crippen molar-refractivity contribution < 1.29 is 0 Å². The van der Waals surface area contributed by atoms with Gasteiger partial charge in [-0.15, -0.1) is 0 Å². The first kappa shape index (κ1) is 15.5. The molecule has 0 aliphatic carbocycles. The van der Waals surface area contributed by atoms with Crippen LogP contribution in [0.4, 0.5) is 0 Å². The Hall–Kier alpha value is -0.510. The van der Waals surface area contributed by atoms with Crippen LogP contribution in [0, 0.1) is 0 Å². The van der Waals surface area contributed by atoms with E-state index >= 15 is 0 Å². The van der Waals surface area contributed by atoms with Crippen molar-refractivity contribution in [2.24, 2.45) is 5.73 Å². The lowest BCUT2D eigenvalue weighted by Crippen LogP contribution is -2.46. The van der Waals surface area contributed by atoms with E-state index < -0.39 is 0 Å². The van der Waals surface area contributed by atoms with Crippen molar-refractivity contribution >= 4 is 11.8 Å². The van der Waals surface area contributed by atoms with Gasteiger partial charge in [0.25, 0.3) is 0 Å². The van der Waals surface area contributed by atoms with Gasteiger partial charge in [0.15, 0.2) is 0 Å². The highest BCUT2D eigenvalue weighted by atomic mass is 32.2. The van der Waals surface area contributed by atoms with Gasteiger partial charge in [-0.1, -0.05) is 37.3 Å². The molecule has 0 heterocycles. The predicted molar refractivity (Wildman–Crippen MR) is 83.2 cm³/mol. The van der Waals surface area contributed by atoms with Crippen LogP contribution in [0.1, 0.15) is 18.9 Å². The number of hydrogen-bond acceptors (Lipinski definition) is 3. The minimum absolute atomic E-state index is 0.435. The molecule has 0 amide bonds. The predicted octanol–water partition coefficient (Wildman–Crippen LogP) is 2.63. The quantitative estimate of drug-likeness (QED) is 0.784. The van der Waals surface area contributed by atoms with Crippen molar-refractivity contribution in [3.63, 3.8) is 0 Å². The molecule has 0 fully saturated rings. The Morgan fingerprint density at radius 1 is 1.22 bits per heavy atom. The molecule has 102 valence electrons. The molecule has 0 aliphatic heterocycles. The Morgan fingerprint density at radius 3 is 2.39 bits per heavy atom. The van der Waals surface area contributed by atoms with Gasteiger partial charge in [-0.25, -0.2) is 0 Å². The molecule has 2 N–H and O–H groups in total. The average Bonchev–Trinajstić information content (AvgIpc) is 2.42. The number of hydrogen-bond donors (Lipinski definition) is 1. The van der Waals surface area contributed by atoms with Crippen molar-refractivity contribution in [2.45, 2.75) is 31.8 Å². The minimum Gasteiger partial charge on any atom is -0.329 e. The van der Waals surface area contributed by atoms with Crippen molar-refractivity contribution in [2.75, 3.05) is 25.6 Å². The fourth-order valence-electron chi connectivity index (χ4n) is 2.29. The first-order valence-electron chi connectivity index (χ1n) is 6.67. The van der Waals surface area contributed by atoms with Crippen LogP contribution in [-0.4, -0.2) is 42.6 Å². The van der Waals surface area contributed by atoms with Crippen LogP contribution in [-0.2, 0) is 6.42 Å². The van der Waals surface area contributed by atoms with Crippen molar-refractivity contribution in [1.82, 2.24) is 4.90 Å². The molecule has 0 radical (unpaired) electrons. The second-order valence-electron chi connectivity index (χ2n) is 4.76. The van der Waals surface area contributed by atoms with Gasteiger partial charge < -0.3 is 5.73 Å². The fraction of sp³-hybridized carbons (Fsp3) is 0.600. The third-order valence-electron chi connectivity index (χ3n) is 3.57. The van der Waals surface area contributed by atoms with E-state index in [4.69, 9.17) is 5.73 Å². The van der Waals surface area contributed by atoms with Crippen LogP contribution < -0.4 is 5.73 Å². The molecule has 0 bridgehead atoms. The molecule has 2 unspecified atom stereocenters. The van der Waals surface area contributed by atoms with Gasteiger partial charge in [0.2, 0.25) is 0 Å². The van der Waals surface area contributed by atoms with Crippen molar-refractivity contribution in [3.05, 3.63) is 35.9 Å². The smallest absolute Gasteiger partial charge is 0.0258 e. The lowest BCUT2D eigenvalue weighted by Gasteiger charge is -2.34. The maximum absolute atomic E-state index is 5.96. The van der Waals surface area contributed by atoms with E-state index in [1.54, 1.807) is 0 Å². The minimum atomic E-state index is 0.435. The van der Waals surface area contributed by atoms with E-state index in [0.29, 0.717) is 12.1 Å². The molecule has 0 aliphatic rings. The van der Waals surface area contributed by atoms with E-state index in [2.05, 4.69) is 55.5 Å². The molecule has 0 aromatic heterocycles. The number of nitrogens with two attached hydrogens (primary N) is 1. The van der Waals surface area contributed by atoms with Gasteiger partial charge in [0.1, 0.15) is 0 Å². The maximum Gasteiger partial charge on any atom is 0.0258 e. The summed E-state index contributed by atoms with van der Waals surface area (Å²) < 4.78 is 0. The summed E-state index contributed by atoms with van der Waals surface area (Å²) >= 11 is 1.91. The normalized spacial score (nSPS) is 14.7. The van der Waals surface area contributed by atoms with Gasteiger partial charge >= 0.3 is 0 Å². The molecule has 2 atom stereocenters. The highest BCUT2D eigenvalue weighted by Gasteiger charge is 2.20. The number of thioether (sulfide) groups is 1. The van der Waals surface area contributed by atoms with Crippen LogP contribution in [0.25, 0.3) is 0 Å². The van der Waals surface area contributed by atoms with Crippen LogP contribution in [0.3, 0.4) is 0 Å². The molecule has 2 nitrogen and oxygen atoms in total. The first-order valence-corrected chi connectivity index (χ1v) is 8.07. The van der Waals surface area contributed by atoms with Crippen molar-refractivity contribution in [1.29, 1.82) is 0 Å². The van der Waals surface area contributed by atoms with Gasteiger partial charge in [-0.3, -0.25) is 4.90 Å². The third kappa shape index (κ3) is 4.63. The van der Waals surface area contributed by atoms with Gasteiger partial charge in [-0.05, 0) is 31.7 Å². The second-order valence-corrected chi connectivity index (χ2v) is 5.67. The van der Waals surface area contributed by atoms with Crippen LogP contribution in [0.15, 0.2) is 30.3 Å². The monoisotopic (exact) mass is 266 g/mol. The number of likely N-dealkylation sites (N-methyl/N-ethyl adjacent to an activating group) is 1. The topological polar surface area (TPSA) is 29.3 Å². The Labute approximate surface area is 116 Å². The summed E-state index contributed by atoms with van der Waals surface area (Å²) in [6, 6.07) is 11.7. The Balaban J connectivity index is 2.64. The van der Waals surface area contributed by atoms with Crippen LogP contribution in [0.5, 0.6) is 0 Å². The molecule has 1 aromatic rings. The molecule has 1 rings (SSSR count). The largest absolute Gasteiger partial charge is 0.329 e. The van der Waals surface area contributed by atoms with Crippen LogP contribution >= 0.6 is 11.8 Å². The molecule has 0 spiro atoms. The molecule has 3 heteroatoms. The summed E-state index contributed by atoms with van der Waals surface area (Å²) in [7, 11) is 2.21. The number of benzene rings is 1. The van der Waals surface area contributed by atoms with E-state index in [1.807, 2.05) is 11.8 Å². The Bertz CT molecular complexity index is 316. The second kappa shape index (κ2) is 8.57. The van der Waals surface area contributed by atoms with Gasteiger partial charge in [-0.2, -0.15) is 11.8 Å². The summed E-state index contributed by atoms with van der Waals surface area (Å²) in [4.78, 5) is 2.46. The molecule has 18 heavy (non-hydrogen) atoms. The van der Waals surface area contributed by atoms with E-state index in [-0.39, 0.29) is 0 Å². The Morgan fingerprint density at radius 2 is 1.89 bits per heavy atom. The zero-order valence-corrected chi connectivity index (χ0v) is 12.6. The summed E-state index contributed by atoms with van der Waals surface area (Å²) in [6.45, 7) is 2.98. The zero-order valence-electron chi connectivity index (χ0n) is 11.8. The number of rotatable bonds is 8. The Kier molecular flexibility index (Phi) is 7.40. The fourth-order valence-corrected chi connectivity index (χ4v) is 3.15. The van der Waals surface area contributed by atoms with E-state index in [9.17, 15) is 0 Å². The van der Waals surface area contributed by atoms with Gasteiger partial charge in [0, 0.05) is 24.4 Å². The van der Waals surface area contributed by atoms with Gasteiger partial charge in [0.05, 0.1) is 0 Å². The number of nitrogens with zero attached hydrogens (tertiary/aromatic N) is 1. The summed E-state index contributed by atoms with van der Waals surface area (Å²) in [5.41, 5.74) is 7.34. The summed E-state index contributed by atoms with van der Waals surface area (Å²) in [6.07, 6.45) is 4.40. The summed E-state index contributed by atoms with van der Waals surface area (Å²) in [5, 5.41) is 0.